The van der Waals surface area contributed by atoms with Crippen LogP contribution in [0.1, 0.15) is 35.2 Å². The number of carbonyl (C=O) groups is 2. The molecule has 1 aliphatic rings. The lowest BCUT2D eigenvalue weighted by molar-refractivity contribution is -0.155. The molecule has 1 aromatic heterocycles. The SMILES string of the molecule is O=C(CC(F)(F)F)NCCS(=O)(=O)NC(=O)c1ccc(Nc2nc(NC3(c4ccc(Cl)cc4)CC3)nc(OCC(F)(F)F)n2)cc1. The maximum Gasteiger partial charge on any atom is 0.422 e. The van der Waals surface area contributed by atoms with Crippen molar-refractivity contribution in [3.05, 3.63) is 64.7 Å². The van der Waals surface area contributed by atoms with E-state index in [1.807, 2.05) is 0 Å². The Hall–Kier alpha value is -4.39. The molecule has 1 saturated carbocycles. The van der Waals surface area contributed by atoms with Crippen LogP contribution in [0.25, 0.3) is 0 Å². The first-order chi connectivity index (χ1) is 21.4. The minimum Gasteiger partial charge on any atom is -0.454 e. The molecule has 0 atom stereocenters. The predicted molar refractivity (Wildman–Crippen MR) is 152 cm³/mol. The van der Waals surface area contributed by atoms with Crippen LogP contribution >= 0.6 is 11.6 Å². The molecule has 1 heterocycles. The summed E-state index contributed by atoms with van der Waals surface area (Å²) >= 11 is 5.97. The third kappa shape index (κ3) is 10.6. The third-order valence-electron chi connectivity index (χ3n) is 6.18. The molecular formula is C26H24ClF6N7O5S. The number of nitrogens with zero attached hydrogens (tertiary/aromatic N) is 3. The van der Waals surface area contributed by atoms with Gasteiger partial charge in [-0.2, -0.15) is 41.3 Å². The minimum absolute atomic E-state index is 0.0853. The van der Waals surface area contributed by atoms with Crippen LogP contribution < -0.4 is 25.4 Å². The van der Waals surface area contributed by atoms with Crippen LogP contribution in [-0.4, -0.2) is 66.4 Å². The number of halogens is 7. The Bertz CT molecular complexity index is 1670. The number of benzene rings is 2. The van der Waals surface area contributed by atoms with E-state index in [2.05, 4.69) is 25.6 Å². The monoisotopic (exact) mass is 695 g/mol. The first-order valence-corrected chi connectivity index (χ1v) is 15.2. The summed E-state index contributed by atoms with van der Waals surface area (Å²) in [7, 11) is -4.33. The minimum atomic E-state index is -4.76. The van der Waals surface area contributed by atoms with Crippen LogP contribution in [0.15, 0.2) is 48.5 Å². The molecule has 46 heavy (non-hydrogen) atoms. The van der Waals surface area contributed by atoms with Crippen molar-refractivity contribution in [1.82, 2.24) is 25.0 Å². The van der Waals surface area contributed by atoms with Gasteiger partial charge in [0.05, 0.1) is 11.3 Å². The molecule has 248 valence electrons. The second-order valence-corrected chi connectivity index (χ2v) is 12.3. The van der Waals surface area contributed by atoms with Crippen LogP contribution in [0, 0.1) is 0 Å². The Morgan fingerprint density at radius 3 is 2.11 bits per heavy atom. The first-order valence-electron chi connectivity index (χ1n) is 13.2. The fourth-order valence-corrected chi connectivity index (χ4v) is 4.93. The van der Waals surface area contributed by atoms with Gasteiger partial charge < -0.3 is 20.7 Å². The number of hydrogen-bond donors (Lipinski definition) is 4. The van der Waals surface area contributed by atoms with E-state index in [4.69, 9.17) is 16.3 Å². The van der Waals surface area contributed by atoms with Gasteiger partial charge in [-0.05, 0) is 54.8 Å². The van der Waals surface area contributed by atoms with Gasteiger partial charge in [-0.15, -0.1) is 0 Å². The van der Waals surface area contributed by atoms with Crippen LogP contribution in [-0.2, 0) is 20.4 Å². The van der Waals surface area contributed by atoms with E-state index >= 15 is 0 Å². The molecule has 0 aliphatic heterocycles. The maximum absolute atomic E-state index is 12.8. The molecule has 0 saturated heterocycles. The van der Waals surface area contributed by atoms with Crippen molar-refractivity contribution in [1.29, 1.82) is 0 Å². The summed E-state index contributed by atoms with van der Waals surface area (Å²) in [5, 5.41) is 8.19. The molecule has 1 aliphatic carbocycles. The lowest BCUT2D eigenvalue weighted by Gasteiger charge is -2.19. The van der Waals surface area contributed by atoms with Crippen LogP contribution in [0.5, 0.6) is 6.01 Å². The van der Waals surface area contributed by atoms with Gasteiger partial charge in [-0.25, -0.2) is 13.1 Å². The van der Waals surface area contributed by atoms with Gasteiger partial charge >= 0.3 is 18.4 Å². The number of anilines is 3. The number of nitrogens with one attached hydrogen (secondary N) is 4. The average Bonchev–Trinajstić information content (AvgIpc) is 3.71. The van der Waals surface area contributed by atoms with Crippen molar-refractivity contribution in [2.24, 2.45) is 0 Å². The van der Waals surface area contributed by atoms with Crippen molar-refractivity contribution < 1.29 is 49.1 Å². The Balaban J connectivity index is 1.42. The predicted octanol–water partition coefficient (Wildman–Crippen LogP) is 4.44. The number of carbonyl (C=O) groups excluding carboxylic acids is 2. The first kappa shape index (κ1) is 34.5. The summed E-state index contributed by atoms with van der Waals surface area (Å²) in [6.45, 7) is -2.33. The van der Waals surface area contributed by atoms with E-state index < -0.39 is 71.1 Å². The summed E-state index contributed by atoms with van der Waals surface area (Å²) in [6, 6.07) is 11.4. The number of ether oxygens (including phenoxy) is 1. The summed E-state index contributed by atoms with van der Waals surface area (Å²) in [4.78, 5) is 35.7. The van der Waals surface area contributed by atoms with E-state index in [0.717, 1.165) is 5.56 Å². The Labute approximate surface area is 262 Å². The molecule has 3 aromatic rings. The molecule has 0 bridgehead atoms. The topological polar surface area (TPSA) is 164 Å². The highest BCUT2D eigenvalue weighted by molar-refractivity contribution is 7.90. The van der Waals surface area contributed by atoms with Gasteiger partial charge in [0, 0.05) is 22.8 Å². The summed E-state index contributed by atoms with van der Waals surface area (Å²) in [5.74, 6) is -3.66. The van der Waals surface area contributed by atoms with Gasteiger partial charge in [0.15, 0.2) is 6.61 Å². The zero-order chi connectivity index (χ0) is 33.8. The summed E-state index contributed by atoms with van der Waals surface area (Å²) in [6.07, 6.45) is -9.86. The molecule has 12 nitrogen and oxygen atoms in total. The molecule has 2 aromatic carbocycles. The summed E-state index contributed by atoms with van der Waals surface area (Å²) in [5.41, 5.74) is 0.367. The van der Waals surface area contributed by atoms with Gasteiger partial charge in [0.1, 0.15) is 6.42 Å². The molecular weight excluding hydrogens is 672 g/mol. The number of alkyl halides is 6. The van der Waals surface area contributed by atoms with Crippen molar-refractivity contribution in [3.8, 4) is 6.01 Å². The molecule has 2 amide bonds. The zero-order valence-electron chi connectivity index (χ0n) is 23.3. The molecule has 20 heteroatoms. The smallest absolute Gasteiger partial charge is 0.422 e. The Morgan fingerprint density at radius 2 is 1.52 bits per heavy atom. The number of aromatic nitrogens is 3. The van der Waals surface area contributed by atoms with Crippen molar-refractivity contribution >= 4 is 51.0 Å². The van der Waals surface area contributed by atoms with Crippen molar-refractivity contribution in [3.63, 3.8) is 0 Å². The molecule has 0 unspecified atom stereocenters. The number of hydrogen-bond acceptors (Lipinski definition) is 10. The quantitative estimate of drug-likeness (QED) is 0.188. The van der Waals surface area contributed by atoms with Crippen molar-refractivity contribution in [2.45, 2.75) is 37.2 Å². The van der Waals surface area contributed by atoms with Gasteiger partial charge in [0.2, 0.25) is 27.8 Å². The van der Waals surface area contributed by atoms with Crippen LogP contribution in [0.2, 0.25) is 5.02 Å². The van der Waals surface area contributed by atoms with Crippen molar-refractivity contribution in [2.75, 3.05) is 29.5 Å². The fraction of sp³-hybridized carbons (Fsp3) is 0.346. The van der Waals surface area contributed by atoms with Gasteiger partial charge in [0.25, 0.3) is 5.91 Å². The molecule has 0 radical (unpaired) electrons. The van der Waals surface area contributed by atoms with E-state index in [0.29, 0.717) is 17.9 Å². The molecule has 4 rings (SSSR count). The second-order valence-electron chi connectivity index (χ2n) is 9.98. The van der Waals surface area contributed by atoms with E-state index in [1.54, 1.807) is 34.3 Å². The Kier molecular flexibility index (Phi) is 10.1. The highest BCUT2D eigenvalue weighted by Crippen LogP contribution is 2.48. The van der Waals surface area contributed by atoms with Crippen LogP contribution in [0.3, 0.4) is 0 Å². The van der Waals surface area contributed by atoms with Gasteiger partial charge in [-0.1, -0.05) is 23.7 Å². The van der Waals surface area contributed by atoms with Crippen LogP contribution in [0.4, 0.5) is 43.9 Å². The number of rotatable bonds is 13. The number of sulfonamides is 1. The lowest BCUT2D eigenvalue weighted by Crippen LogP contribution is -2.38. The molecule has 0 spiro atoms. The molecule has 1 fully saturated rings. The standard InChI is InChI=1S/C26H24ClF6N7O5S/c27-17-5-3-16(4-6-17)24(9-10-24)39-22-36-21(37-23(38-22)45-14-26(31,32)33)35-18-7-1-15(2-8-18)20(42)40-46(43,44)12-11-34-19(41)13-25(28,29)30/h1-8H,9-14H2,(H,34,41)(H,40,42)(H2,35,36,37,38,39). The highest BCUT2D eigenvalue weighted by Gasteiger charge is 2.45. The third-order valence-corrected chi connectivity index (χ3v) is 7.67. The Morgan fingerprint density at radius 1 is 0.891 bits per heavy atom. The fourth-order valence-electron chi connectivity index (χ4n) is 3.93. The molecule has 4 N–H and O–H groups in total. The lowest BCUT2D eigenvalue weighted by atomic mass is 10.1. The largest absolute Gasteiger partial charge is 0.454 e. The maximum atomic E-state index is 12.8. The summed E-state index contributed by atoms with van der Waals surface area (Å²) < 4.78 is 106. The normalized spacial score (nSPS) is 14.2. The zero-order valence-corrected chi connectivity index (χ0v) is 24.9. The number of amides is 2. The van der Waals surface area contributed by atoms with E-state index in [1.165, 1.54) is 24.3 Å². The average molecular weight is 696 g/mol. The van der Waals surface area contributed by atoms with E-state index in [-0.39, 0.29) is 23.1 Å². The highest BCUT2D eigenvalue weighted by atomic mass is 35.5. The van der Waals surface area contributed by atoms with Gasteiger partial charge in [-0.3, -0.25) is 9.59 Å². The second kappa shape index (κ2) is 13.5. The van der Waals surface area contributed by atoms with E-state index in [9.17, 15) is 44.3 Å².